The molecule has 1 atom stereocenters. The molecule has 2 aromatic rings. The molecule has 0 saturated carbocycles. The molecule has 1 aromatic carbocycles. The summed E-state index contributed by atoms with van der Waals surface area (Å²) in [6.07, 6.45) is 1.81. The Bertz CT molecular complexity index is 487. The second-order valence-electron chi connectivity index (χ2n) is 3.83. The van der Waals surface area contributed by atoms with Crippen LogP contribution in [0.2, 0.25) is 0 Å². The van der Waals surface area contributed by atoms with Gasteiger partial charge in [-0.2, -0.15) is 11.8 Å². The molecule has 0 aliphatic carbocycles. The number of fused-ring (bicyclic) bond motifs is 1. The van der Waals surface area contributed by atoms with Gasteiger partial charge in [0.25, 0.3) is 0 Å². The summed E-state index contributed by atoms with van der Waals surface area (Å²) in [6.45, 7) is 2.16. The second kappa shape index (κ2) is 6.00. The van der Waals surface area contributed by atoms with E-state index in [2.05, 4.69) is 35.5 Å². The van der Waals surface area contributed by atoms with Crippen LogP contribution in [0.3, 0.4) is 0 Å². The van der Waals surface area contributed by atoms with E-state index < -0.39 is 0 Å². The maximum absolute atomic E-state index is 5.61. The fraction of sp³-hybridized carbons (Fsp3) is 0.308. The highest BCUT2D eigenvalue weighted by Crippen LogP contribution is 2.21. The van der Waals surface area contributed by atoms with Crippen LogP contribution in [0.25, 0.3) is 10.9 Å². The lowest BCUT2D eigenvalue weighted by Crippen LogP contribution is -2.29. The summed E-state index contributed by atoms with van der Waals surface area (Å²) in [6, 6.07) is 10.5. The number of rotatable bonds is 5. The molecule has 0 amide bonds. The van der Waals surface area contributed by atoms with Gasteiger partial charge in [0.2, 0.25) is 0 Å². The van der Waals surface area contributed by atoms with Crippen LogP contribution in [-0.2, 0) is 0 Å². The zero-order chi connectivity index (χ0) is 12.1. The normalized spacial score (nSPS) is 12.8. The first-order valence-electron chi connectivity index (χ1n) is 5.73. The minimum absolute atomic E-state index is 0.199. The number of aromatic nitrogens is 1. The minimum atomic E-state index is 0.199. The van der Waals surface area contributed by atoms with Crippen molar-refractivity contribution in [1.82, 2.24) is 10.4 Å². The van der Waals surface area contributed by atoms with E-state index in [9.17, 15) is 0 Å². The topological polar surface area (TPSA) is 50.9 Å². The summed E-state index contributed by atoms with van der Waals surface area (Å²) >= 11 is 1.88. The van der Waals surface area contributed by atoms with Crippen LogP contribution in [0.1, 0.15) is 18.5 Å². The molecule has 0 bridgehead atoms. The van der Waals surface area contributed by atoms with Gasteiger partial charge in [0.1, 0.15) is 0 Å². The Morgan fingerprint density at radius 1 is 1.41 bits per heavy atom. The van der Waals surface area contributed by atoms with Crippen LogP contribution in [-0.4, -0.2) is 16.5 Å². The SMILES string of the molecule is CCSCC(NN)c1ccc2ncccc2c1. The summed E-state index contributed by atoms with van der Waals surface area (Å²) < 4.78 is 0. The Morgan fingerprint density at radius 2 is 2.29 bits per heavy atom. The van der Waals surface area contributed by atoms with Crippen molar-refractivity contribution in [3.05, 3.63) is 42.1 Å². The number of hydrogen-bond donors (Lipinski definition) is 2. The van der Waals surface area contributed by atoms with Crippen LogP contribution < -0.4 is 11.3 Å². The molecule has 3 N–H and O–H groups in total. The average Bonchev–Trinajstić information content (AvgIpc) is 2.39. The van der Waals surface area contributed by atoms with Gasteiger partial charge in [0.05, 0.1) is 11.6 Å². The fourth-order valence-corrected chi connectivity index (χ4v) is 2.55. The van der Waals surface area contributed by atoms with Crippen LogP contribution >= 0.6 is 11.8 Å². The quantitative estimate of drug-likeness (QED) is 0.629. The van der Waals surface area contributed by atoms with Crippen LogP contribution in [0.4, 0.5) is 0 Å². The van der Waals surface area contributed by atoms with Gasteiger partial charge >= 0.3 is 0 Å². The zero-order valence-corrected chi connectivity index (χ0v) is 10.7. The molecule has 17 heavy (non-hydrogen) atoms. The van der Waals surface area contributed by atoms with E-state index in [0.717, 1.165) is 22.4 Å². The minimum Gasteiger partial charge on any atom is -0.271 e. The van der Waals surface area contributed by atoms with Gasteiger partial charge in [0, 0.05) is 17.3 Å². The molecule has 0 aliphatic heterocycles. The first-order valence-corrected chi connectivity index (χ1v) is 6.89. The highest BCUT2D eigenvalue weighted by molar-refractivity contribution is 7.99. The molecular formula is C13H17N3S. The fourth-order valence-electron chi connectivity index (χ4n) is 1.79. The predicted molar refractivity (Wildman–Crippen MR) is 74.8 cm³/mol. The Balaban J connectivity index is 2.27. The highest BCUT2D eigenvalue weighted by Gasteiger charge is 2.09. The van der Waals surface area contributed by atoms with E-state index >= 15 is 0 Å². The third-order valence-electron chi connectivity index (χ3n) is 2.72. The smallest absolute Gasteiger partial charge is 0.0702 e. The number of nitrogens with two attached hydrogens (primary N) is 1. The number of nitrogens with zero attached hydrogens (tertiary/aromatic N) is 1. The van der Waals surface area contributed by atoms with Gasteiger partial charge in [-0.3, -0.25) is 16.3 Å². The van der Waals surface area contributed by atoms with E-state index in [1.165, 1.54) is 5.56 Å². The van der Waals surface area contributed by atoms with E-state index in [0.29, 0.717) is 0 Å². The Labute approximate surface area is 106 Å². The molecule has 0 radical (unpaired) electrons. The monoisotopic (exact) mass is 247 g/mol. The molecule has 1 aromatic heterocycles. The van der Waals surface area contributed by atoms with Crippen LogP contribution in [0.15, 0.2) is 36.5 Å². The maximum Gasteiger partial charge on any atom is 0.0702 e. The molecule has 0 spiro atoms. The lowest BCUT2D eigenvalue weighted by atomic mass is 10.1. The van der Waals surface area contributed by atoms with Crippen molar-refractivity contribution >= 4 is 22.7 Å². The van der Waals surface area contributed by atoms with E-state index in [4.69, 9.17) is 5.84 Å². The van der Waals surface area contributed by atoms with Crippen molar-refractivity contribution < 1.29 is 0 Å². The number of nitrogens with one attached hydrogen (secondary N) is 1. The summed E-state index contributed by atoms with van der Waals surface area (Å²) in [5.74, 6) is 7.70. The number of benzene rings is 1. The van der Waals surface area contributed by atoms with Crippen molar-refractivity contribution in [3.8, 4) is 0 Å². The van der Waals surface area contributed by atoms with Crippen molar-refractivity contribution in [2.24, 2.45) is 5.84 Å². The predicted octanol–water partition coefficient (Wildman–Crippen LogP) is 2.49. The molecule has 0 aliphatic rings. The van der Waals surface area contributed by atoms with Crippen molar-refractivity contribution in [1.29, 1.82) is 0 Å². The van der Waals surface area contributed by atoms with Gasteiger partial charge < -0.3 is 0 Å². The molecule has 3 nitrogen and oxygen atoms in total. The van der Waals surface area contributed by atoms with Crippen LogP contribution in [0.5, 0.6) is 0 Å². The first kappa shape index (κ1) is 12.4. The summed E-state index contributed by atoms with van der Waals surface area (Å²) in [4.78, 5) is 4.31. The lowest BCUT2D eigenvalue weighted by Gasteiger charge is -2.16. The molecular weight excluding hydrogens is 230 g/mol. The van der Waals surface area contributed by atoms with Gasteiger partial charge in [0.15, 0.2) is 0 Å². The second-order valence-corrected chi connectivity index (χ2v) is 5.15. The summed E-state index contributed by atoms with van der Waals surface area (Å²) in [5, 5.41) is 1.16. The number of thioether (sulfide) groups is 1. The van der Waals surface area contributed by atoms with E-state index in [1.807, 2.05) is 30.1 Å². The van der Waals surface area contributed by atoms with Crippen molar-refractivity contribution in [2.75, 3.05) is 11.5 Å². The van der Waals surface area contributed by atoms with Gasteiger partial charge in [-0.05, 0) is 29.5 Å². The van der Waals surface area contributed by atoms with Gasteiger partial charge in [-0.25, -0.2) is 0 Å². The van der Waals surface area contributed by atoms with E-state index in [-0.39, 0.29) is 6.04 Å². The van der Waals surface area contributed by atoms with Gasteiger partial charge in [-0.1, -0.05) is 19.1 Å². The molecule has 4 heteroatoms. The number of pyridine rings is 1. The first-order chi connectivity index (χ1) is 8.35. The molecule has 2 rings (SSSR count). The van der Waals surface area contributed by atoms with E-state index in [1.54, 1.807) is 0 Å². The largest absolute Gasteiger partial charge is 0.271 e. The summed E-state index contributed by atoms with van der Waals surface area (Å²) in [7, 11) is 0. The Hall–Kier alpha value is -1.10. The standard InChI is InChI=1S/C13H17N3S/c1-2-17-9-13(16-14)11-5-6-12-10(8-11)4-3-7-15-12/h3-8,13,16H,2,9,14H2,1H3. The maximum atomic E-state index is 5.61. The van der Waals surface area contributed by atoms with Gasteiger partial charge in [-0.15, -0.1) is 0 Å². The number of hydrazine groups is 1. The Kier molecular flexibility index (Phi) is 4.36. The van der Waals surface area contributed by atoms with Crippen molar-refractivity contribution in [3.63, 3.8) is 0 Å². The van der Waals surface area contributed by atoms with Crippen LogP contribution in [0, 0.1) is 0 Å². The molecule has 1 heterocycles. The third-order valence-corrected chi connectivity index (χ3v) is 3.70. The highest BCUT2D eigenvalue weighted by atomic mass is 32.2. The Morgan fingerprint density at radius 3 is 3.06 bits per heavy atom. The average molecular weight is 247 g/mol. The summed E-state index contributed by atoms with van der Waals surface area (Å²) in [5.41, 5.74) is 5.12. The molecule has 0 saturated heterocycles. The molecule has 90 valence electrons. The number of hydrogen-bond acceptors (Lipinski definition) is 4. The third kappa shape index (κ3) is 2.97. The molecule has 1 unspecified atom stereocenters. The van der Waals surface area contributed by atoms with Crippen molar-refractivity contribution in [2.45, 2.75) is 13.0 Å². The zero-order valence-electron chi connectivity index (χ0n) is 9.89. The lowest BCUT2D eigenvalue weighted by molar-refractivity contribution is 0.611. The molecule has 0 fully saturated rings.